The molecule has 1 amide bonds. The summed E-state index contributed by atoms with van der Waals surface area (Å²) in [5.74, 6) is 0.379. The maximum atomic E-state index is 11.2. The zero-order valence-corrected chi connectivity index (χ0v) is 9.36. The predicted molar refractivity (Wildman–Crippen MR) is 54.6 cm³/mol. The molecule has 0 unspecified atom stereocenters. The number of hydrogen-bond acceptors (Lipinski definition) is 2. The zero-order chi connectivity index (χ0) is 11.4. The summed E-state index contributed by atoms with van der Waals surface area (Å²) in [5.41, 5.74) is -0.377. The highest BCUT2D eigenvalue weighted by Gasteiger charge is 2.71. The maximum Gasteiger partial charge on any atom is 0.408 e. The first kappa shape index (κ1) is 10.5. The van der Waals surface area contributed by atoms with Gasteiger partial charge in [-0.1, -0.05) is 20.8 Å². The Morgan fingerprint density at radius 1 is 1.53 bits per heavy atom. The summed E-state index contributed by atoms with van der Waals surface area (Å²) >= 11 is 0. The van der Waals surface area contributed by atoms with E-state index in [-0.39, 0.29) is 11.0 Å². The smallest absolute Gasteiger partial charge is 0.408 e. The van der Waals surface area contributed by atoms with Crippen LogP contribution in [0, 0.1) is 11.3 Å². The van der Waals surface area contributed by atoms with Crippen molar-refractivity contribution in [2.75, 3.05) is 0 Å². The molecule has 2 aliphatic rings. The van der Waals surface area contributed by atoms with Crippen molar-refractivity contribution in [2.45, 2.75) is 45.2 Å². The van der Waals surface area contributed by atoms with E-state index in [0.29, 0.717) is 12.3 Å². The highest BCUT2D eigenvalue weighted by molar-refractivity contribution is 5.75. The first-order valence-corrected chi connectivity index (χ1v) is 5.32. The number of carbonyl (C=O) groups is 2. The van der Waals surface area contributed by atoms with Gasteiger partial charge >= 0.3 is 6.09 Å². The first-order chi connectivity index (χ1) is 6.84. The highest BCUT2D eigenvalue weighted by Crippen LogP contribution is 2.65. The summed E-state index contributed by atoms with van der Waals surface area (Å²) in [6.07, 6.45) is 1.43. The Balaban J connectivity index is 2.36. The number of aldehydes is 1. The lowest BCUT2D eigenvalue weighted by Crippen LogP contribution is -2.51. The summed E-state index contributed by atoms with van der Waals surface area (Å²) in [7, 11) is 0. The fourth-order valence-electron chi connectivity index (χ4n) is 3.29. The molecule has 2 fully saturated rings. The molecule has 4 nitrogen and oxygen atoms in total. The predicted octanol–water partition coefficient (Wildman–Crippen LogP) is 1.74. The molecule has 0 bridgehead atoms. The van der Waals surface area contributed by atoms with E-state index >= 15 is 0 Å². The lowest BCUT2D eigenvalue weighted by atomic mass is 9.82. The Labute approximate surface area is 89.3 Å². The van der Waals surface area contributed by atoms with E-state index in [4.69, 9.17) is 0 Å². The van der Waals surface area contributed by atoms with E-state index in [2.05, 4.69) is 20.8 Å². The van der Waals surface area contributed by atoms with Crippen molar-refractivity contribution in [1.82, 2.24) is 4.90 Å². The van der Waals surface area contributed by atoms with Gasteiger partial charge in [0, 0.05) is 0 Å². The molecule has 2 rings (SSSR count). The van der Waals surface area contributed by atoms with Crippen LogP contribution in [0.15, 0.2) is 0 Å². The molecule has 4 heteroatoms. The van der Waals surface area contributed by atoms with E-state index in [9.17, 15) is 14.7 Å². The number of hydrogen-bond donors (Lipinski definition) is 1. The van der Waals surface area contributed by atoms with E-state index in [0.717, 1.165) is 12.7 Å². The largest absolute Gasteiger partial charge is 0.465 e. The summed E-state index contributed by atoms with van der Waals surface area (Å²) in [6, 6.07) is -0.430. The van der Waals surface area contributed by atoms with Crippen LogP contribution in [-0.2, 0) is 4.79 Å². The molecule has 1 N–H and O–H groups in total. The molecular weight excluding hydrogens is 194 g/mol. The fraction of sp³-hybridized carbons (Fsp3) is 0.818. The minimum Gasteiger partial charge on any atom is -0.465 e. The molecule has 1 aliphatic heterocycles. The van der Waals surface area contributed by atoms with Gasteiger partial charge in [-0.05, 0) is 24.2 Å². The lowest BCUT2D eigenvalue weighted by Gasteiger charge is -2.38. The van der Waals surface area contributed by atoms with Crippen molar-refractivity contribution >= 4 is 12.4 Å². The summed E-state index contributed by atoms with van der Waals surface area (Å²) in [5, 5.41) is 9.21. The second-order valence-corrected chi connectivity index (χ2v) is 5.67. The number of amides is 1. The second-order valence-electron chi connectivity index (χ2n) is 5.67. The third kappa shape index (κ3) is 1.13. The van der Waals surface area contributed by atoms with Gasteiger partial charge in [0.2, 0.25) is 0 Å². The number of likely N-dealkylation sites (tertiary alicyclic amines) is 1. The lowest BCUT2D eigenvalue weighted by molar-refractivity contribution is -0.112. The number of carbonyl (C=O) groups excluding carboxylic acids is 1. The van der Waals surface area contributed by atoms with Gasteiger partial charge in [0.05, 0.1) is 11.6 Å². The van der Waals surface area contributed by atoms with Gasteiger partial charge < -0.3 is 9.90 Å². The summed E-state index contributed by atoms with van der Waals surface area (Å²) in [4.78, 5) is 23.5. The average Bonchev–Trinajstić information content (AvgIpc) is 2.71. The van der Waals surface area contributed by atoms with Gasteiger partial charge in [-0.2, -0.15) is 0 Å². The third-order valence-corrected chi connectivity index (χ3v) is 4.02. The van der Waals surface area contributed by atoms with Gasteiger partial charge in [-0.3, -0.25) is 4.90 Å². The van der Waals surface area contributed by atoms with E-state index < -0.39 is 12.1 Å². The van der Waals surface area contributed by atoms with E-state index in [1.54, 1.807) is 0 Å². The summed E-state index contributed by atoms with van der Waals surface area (Å²) < 4.78 is 0. The quantitative estimate of drug-likeness (QED) is 0.672. The van der Waals surface area contributed by atoms with Crippen LogP contribution in [0.1, 0.15) is 33.6 Å². The molecule has 0 aromatic carbocycles. The molecule has 0 spiro atoms. The average molecular weight is 211 g/mol. The van der Waals surface area contributed by atoms with Crippen molar-refractivity contribution in [3.63, 3.8) is 0 Å². The van der Waals surface area contributed by atoms with Crippen molar-refractivity contribution in [3.05, 3.63) is 0 Å². The van der Waals surface area contributed by atoms with Crippen LogP contribution in [0.4, 0.5) is 4.79 Å². The van der Waals surface area contributed by atoms with Crippen LogP contribution in [0.25, 0.3) is 0 Å². The van der Waals surface area contributed by atoms with Gasteiger partial charge in [-0.15, -0.1) is 0 Å². The number of piperidine rings is 1. The Kier molecular flexibility index (Phi) is 1.91. The standard InChI is InChI=1S/C11H17NO3/c1-10(2,3)11-5-7(11)4-8(6-13)12(11)9(14)15/h6-8H,4-5H2,1-3H3,(H,14,15)/t7-,8-,11-/m0/s1. The summed E-state index contributed by atoms with van der Waals surface area (Å²) in [6.45, 7) is 6.16. The highest BCUT2D eigenvalue weighted by atomic mass is 16.4. The third-order valence-electron chi connectivity index (χ3n) is 4.02. The monoisotopic (exact) mass is 211 g/mol. The topological polar surface area (TPSA) is 57.6 Å². The number of carboxylic acid groups (broad SMARTS) is 1. The Hall–Kier alpha value is -1.06. The Morgan fingerprint density at radius 3 is 2.53 bits per heavy atom. The molecule has 1 saturated heterocycles. The number of nitrogens with zero attached hydrogens (tertiary/aromatic N) is 1. The Morgan fingerprint density at radius 2 is 2.13 bits per heavy atom. The minimum absolute atomic E-state index is 0.0895. The first-order valence-electron chi connectivity index (χ1n) is 5.32. The molecule has 84 valence electrons. The number of fused-ring (bicyclic) bond motifs is 1. The number of rotatable bonds is 1. The molecule has 1 aliphatic carbocycles. The van der Waals surface area contributed by atoms with Crippen molar-refractivity contribution in [3.8, 4) is 0 Å². The van der Waals surface area contributed by atoms with Crippen LogP contribution in [0.5, 0.6) is 0 Å². The molecule has 0 aromatic heterocycles. The van der Waals surface area contributed by atoms with Gasteiger partial charge in [0.25, 0.3) is 0 Å². The molecular formula is C11H17NO3. The zero-order valence-electron chi connectivity index (χ0n) is 9.36. The van der Waals surface area contributed by atoms with Crippen LogP contribution in [0.3, 0.4) is 0 Å². The van der Waals surface area contributed by atoms with Crippen molar-refractivity contribution in [2.24, 2.45) is 11.3 Å². The van der Waals surface area contributed by atoms with Crippen molar-refractivity contribution < 1.29 is 14.7 Å². The molecule has 0 aromatic rings. The minimum atomic E-state index is -0.956. The molecule has 3 atom stereocenters. The van der Waals surface area contributed by atoms with E-state index in [1.807, 2.05) is 0 Å². The molecule has 1 saturated carbocycles. The normalized spacial score (nSPS) is 38.7. The SMILES string of the molecule is CC(C)(C)[C@]12C[C@@H]1C[C@@H](C=O)N2C(=O)O. The fourth-order valence-corrected chi connectivity index (χ4v) is 3.29. The van der Waals surface area contributed by atoms with E-state index in [1.165, 1.54) is 4.90 Å². The molecule has 1 heterocycles. The molecule has 0 radical (unpaired) electrons. The van der Waals surface area contributed by atoms with Gasteiger partial charge in [0.1, 0.15) is 6.29 Å². The van der Waals surface area contributed by atoms with Gasteiger partial charge in [0.15, 0.2) is 0 Å². The van der Waals surface area contributed by atoms with Crippen LogP contribution in [0.2, 0.25) is 0 Å². The van der Waals surface area contributed by atoms with Gasteiger partial charge in [-0.25, -0.2) is 4.79 Å². The van der Waals surface area contributed by atoms with Crippen LogP contribution >= 0.6 is 0 Å². The van der Waals surface area contributed by atoms with Crippen LogP contribution in [-0.4, -0.2) is 34.0 Å². The molecule has 15 heavy (non-hydrogen) atoms. The maximum absolute atomic E-state index is 11.2. The van der Waals surface area contributed by atoms with Crippen LogP contribution < -0.4 is 0 Å². The Bertz CT molecular complexity index is 320. The van der Waals surface area contributed by atoms with Crippen molar-refractivity contribution in [1.29, 1.82) is 0 Å². The second kappa shape index (κ2) is 2.74.